The van der Waals surface area contributed by atoms with Gasteiger partial charge in [-0.05, 0) is 76.8 Å². The molecule has 0 bridgehead atoms. The van der Waals surface area contributed by atoms with E-state index in [1.807, 2.05) is 77.1 Å². The molecule has 0 aromatic heterocycles. The van der Waals surface area contributed by atoms with Gasteiger partial charge in [0.25, 0.3) is 10.0 Å². The summed E-state index contributed by atoms with van der Waals surface area (Å²) in [4.78, 5) is 28.7. The lowest BCUT2D eigenvalue weighted by atomic mass is 10.1. The maximum atomic E-state index is 14.0. The molecule has 3 rings (SSSR count). The molecule has 214 valence electrons. The van der Waals surface area contributed by atoms with E-state index in [2.05, 4.69) is 5.32 Å². The van der Waals surface area contributed by atoms with Gasteiger partial charge in [-0.3, -0.25) is 13.9 Å². The van der Waals surface area contributed by atoms with Crippen LogP contribution in [0.1, 0.15) is 49.4 Å². The van der Waals surface area contributed by atoms with Gasteiger partial charge in [-0.1, -0.05) is 72.6 Å². The number of benzene rings is 3. The van der Waals surface area contributed by atoms with Crippen LogP contribution in [0.15, 0.2) is 77.7 Å². The van der Waals surface area contributed by atoms with Gasteiger partial charge in [-0.25, -0.2) is 8.42 Å². The van der Waals surface area contributed by atoms with Crippen LogP contribution in [0.3, 0.4) is 0 Å². The number of carbonyl (C=O) groups excluding carboxylic acids is 2. The van der Waals surface area contributed by atoms with Crippen LogP contribution in [0.5, 0.6) is 0 Å². The van der Waals surface area contributed by atoms with Crippen LogP contribution in [-0.2, 0) is 26.0 Å². The number of carbonyl (C=O) groups is 2. The molecule has 2 atom stereocenters. The van der Waals surface area contributed by atoms with Crippen molar-refractivity contribution >= 4 is 27.5 Å². The van der Waals surface area contributed by atoms with Gasteiger partial charge in [0, 0.05) is 12.6 Å². The second kappa shape index (κ2) is 13.6. The molecule has 0 heterocycles. The van der Waals surface area contributed by atoms with Crippen LogP contribution >= 0.6 is 0 Å². The maximum absolute atomic E-state index is 14.0. The topological polar surface area (TPSA) is 86.8 Å². The van der Waals surface area contributed by atoms with E-state index in [0.29, 0.717) is 12.1 Å². The zero-order valence-corrected chi connectivity index (χ0v) is 25.2. The number of nitrogens with zero attached hydrogens (tertiary/aromatic N) is 2. The molecule has 7 nitrogen and oxygen atoms in total. The summed E-state index contributed by atoms with van der Waals surface area (Å²) < 4.78 is 29.1. The summed E-state index contributed by atoms with van der Waals surface area (Å²) >= 11 is 0. The fraction of sp³-hybridized carbons (Fsp3) is 0.375. The van der Waals surface area contributed by atoms with Crippen LogP contribution < -0.4 is 9.62 Å². The molecular formula is C32H41N3O4S. The molecule has 1 N–H and O–H groups in total. The summed E-state index contributed by atoms with van der Waals surface area (Å²) in [5, 5.41) is 2.96. The zero-order valence-electron chi connectivity index (χ0n) is 24.3. The van der Waals surface area contributed by atoms with Crippen molar-refractivity contribution in [2.24, 2.45) is 0 Å². The average molecular weight is 564 g/mol. The summed E-state index contributed by atoms with van der Waals surface area (Å²) in [6.07, 6.45) is 1.29. The first-order valence-electron chi connectivity index (χ1n) is 13.7. The van der Waals surface area contributed by atoms with Gasteiger partial charge in [0.1, 0.15) is 12.6 Å². The summed E-state index contributed by atoms with van der Waals surface area (Å²) in [7, 11) is -4.09. The predicted octanol–water partition coefficient (Wildman–Crippen LogP) is 5.18. The highest BCUT2D eigenvalue weighted by atomic mass is 32.2. The van der Waals surface area contributed by atoms with Crippen molar-refractivity contribution in [2.45, 2.75) is 71.4 Å². The highest BCUT2D eigenvalue weighted by molar-refractivity contribution is 7.92. The Morgan fingerprint density at radius 2 is 1.50 bits per heavy atom. The van der Waals surface area contributed by atoms with Crippen LogP contribution in [0.4, 0.5) is 5.69 Å². The lowest BCUT2D eigenvalue weighted by molar-refractivity contribution is -0.139. The van der Waals surface area contributed by atoms with E-state index >= 15 is 0 Å². The minimum absolute atomic E-state index is 0.0466. The number of amides is 2. The molecule has 2 amide bonds. The Morgan fingerprint density at radius 1 is 0.875 bits per heavy atom. The minimum atomic E-state index is -4.09. The molecule has 0 aliphatic rings. The number of rotatable bonds is 12. The fourth-order valence-electron chi connectivity index (χ4n) is 4.47. The van der Waals surface area contributed by atoms with Crippen molar-refractivity contribution in [3.63, 3.8) is 0 Å². The Balaban J connectivity index is 2.01. The smallest absolute Gasteiger partial charge is 0.264 e. The van der Waals surface area contributed by atoms with Crippen molar-refractivity contribution in [1.29, 1.82) is 0 Å². The molecule has 3 aromatic carbocycles. The first kappa shape index (κ1) is 30.9. The molecule has 0 saturated carbocycles. The summed E-state index contributed by atoms with van der Waals surface area (Å²) in [6, 6.07) is 20.9. The Hall–Kier alpha value is -3.65. The van der Waals surface area contributed by atoms with Gasteiger partial charge >= 0.3 is 0 Å². The first-order valence-corrected chi connectivity index (χ1v) is 15.2. The highest BCUT2D eigenvalue weighted by Gasteiger charge is 2.33. The van der Waals surface area contributed by atoms with Gasteiger partial charge < -0.3 is 10.2 Å². The van der Waals surface area contributed by atoms with Gasteiger partial charge in [0.15, 0.2) is 0 Å². The lowest BCUT2D eigenvalue weighted by Crippen LogP contribution is -2.53. The van der Waals surface area contributed by atoms with Crippen LogP contribution in [0.25, 0.3) is 0 Å². The Kier molecular flexibility index (Phi) is 10.5. The number of hydrogen-bond acceptors (Lipinski definition) is 4. The van der Waals surface area contributed by atoms with E-state index in [1.54, 1.807) is 37.3 Å². The van der Waals surface area contributed by atoms with Gasteiger partial charge in [0.2, 0.25) is 11.8 Å². The first-order chi connectivity index (χ1) is 18.9. The highest BCUT2D eigenvalue weighted by Crippen LogP contribution is 2.28. The average Bonchev–Trinajstić information content (AvgIpc) is 2.92. The molecule has 3 aromatic rings. The quantitative estimate of drug-likeness (QED) is 0.329. The lowest BCUT2D eigenvalue weighted by Gasteiger charge is -2.33. The second-order valence-corrected chi connectivity index (χ2v) is 12.3. The monoisotopic (exact) mass is 563 g/mol. The van der Waals surface area contributed by atoms with E-state index in [9.17, 15) is 18.0 Å². The van der Waals surface area contributed by atoms with E-state index in [4.69, 9.17) is 0 Å². The molecule has 0 saturated heterocycles. The number of anilines is 1. The molecule has 0 aliphatic carbocycles. The predicted molar refractivity (Wildman–Crippen MR) is 161 cm³/mol. The van der Waals surface area contributed by atoms with E-state index in [0.717, 1.165) is 28.7 Å². The summed E-state index contributed by atoms with van der Waals surface area (Å²) in [6.45, 7) is 11.1. The number of hydrogen-bond donors (Lipinski definition) is 1. The van der Waals surface area contributed by atoms with Gasteiger partial charge in [-0.2, -0.15) is 0 Å². The molecule has 0 spiro atoms. The third-order valence-electron chi connectivity index (χ3n) is 7.16. The Bertz CT molecular complexity index is 1410. The van der Waals surface area contributed by atoms with Crippen molar-refractivity contribution < 1.29 is 18.0 Å². The van der Waals surface area contributed by atoms with Crippen molar-refractivity contribution in [2.75, 3.05) is 17.4 Å². The van der Waals surface area contributed by atoms with E-state index in [1.165, 1.54) is 9.21 Å². The van der Waals surface area contributed by atoms with E-state index < -0.39 is 28.5 Å². The molecule has 8 heteroatoms. The number of nitrogens with one attached hydrogen (secondary N) is 1. The minimum Gasteiger partial charge on any atom is -0.352 e. The van der Waals surface area contributed by atoms with Gasteiger partial charge in [-0.15, -0.1) is 0 Å². The SMILES string of the molecule is CC[C@@H](C)NC(=O)[C@@H](C)N(CCc1ccccc1)C(=O)CN(c1ccc(C)cc1C)S(=O)(=O)c1ccc(C)cc1. The normalized spacial score (nSPS) is 12.8. The molecule has 0 fully saturated rings. The number of aryl methyl sites for hydroxylation is 3. The molecule has 0 unspecified atom stereocenters. The Labute approximate surface area is 239 Å². The summed E-state index contributed by atoms with van der Waals surface area (Å²) in [5.74, 6) is -0.714. The van der Waals surface area contributed by atoms with Crippen LogP contribution in [-0.4, -0.2) is 50.3 Å². The van der Waals surface area contributed by atoms with Crippen LogP contribution in [0, 0.1) is 20.8 Å². The van der Waals surface area contributed by atoms with Crippen LogP contribution in [0.2, 0.25) is 0 Å². The van der Waals surface area contributed by atoms with Crippen molar-refractivity contribution in [3.8, 4) is 0 Å². The van der Waals surface area contributed by atoms with Gasteiger partial charge in [0.05, 0.1) is 10.6 Å². The number of sulfonamides is 1. The zero-order chi connectivity index (χ0) is 29.4. The third kappa shape index (κ3) is 7.72. The van der Waals surface area contributed by atoms with Crippen molar-refractivity contribution in [3.05, 3.63) is 95.1 Å². The largest absolute Gasteiger partial charge is 0.352 e. The molecule has 0 aliphatic heterocycles. The third-order valence-corrected chi connectivity index (χ3v) is 8.94. The molecule has 40 heavy (non-hydrogen) atoms. The molecule has 0 radical (unpaired) electrons. The molecular weight excluding hydrogens is 522 g/mol. The standard InChI is InChI=1S/C32H41N3O4S/c1-7-26(5)33-32(37)27(6)34(20-19-28-11-9-8-10-12-28)31(36)22-35(30-18-15-24(3)21-25(30)4)40(38,39)29-16-13-23(2)14-17-29/h8-18,21,26-27H,7,19-20,22H2,1-6H3,(H,33,37)/t26-,27-/m1/s1. The second-order valence-electron chi connectivity index (χ2n) is 10.4. The Morgan fingerprint density at radius 3 is 2.10 bits per heavy atom. The summed E-state index contributed by atoms with van der Waals surface area (Å²) in [5.41, 5.74) is 4.11. The van der Waals surface area contributed by atoms with E-state index in [-0.39, 0.29) is 23.4 Å². The maximum Gasteiger partial charge on any atom is 0.264 e. The van der Waals surface area contributed by atoms with Crippen molar-refractivity contribution in [1.82, 2.24) is 10.2 Å². The fourth-order valence-corrected chi connectivity index (χ4v) is 5.95.